The number of fused-ring (bicyclic) bond motifs is 1. The second-order valence-electron chi connectivity index (χ2n) is 5.29. The molecule has 2 nitrogen and oxygen atoms in total. The van der Waals surface area contributed by atoms with Crippen molar-refractivity contribution in [2.45, 2.75) is 39.0 Å². The third kappa shape index (κ3) is 2.44. The monoisotopic (exact) mass is 245 g/mol. The number of nitrogens with zero attached hydrogens (tertiary/aromatic N) is 1. The first-order valence-corrected chi connectivity index (χ1v) is 5.44. The van der Waals surface area contributed by atoms with Gasteiger partial charge in [0.25, 0.3) is 0 Å². The van der Waals surface area contributed by atoms with Crippen LogP contribution >= 0.6 is 0 Å². The second-order valence-corrected chi connectivity index (χ2v) is 5.29. The number of pyridine rings is 1. The number of aliphatic hydroxyl groups is 1. The van der Waals surface area contributed by atoms with Crippen molar-refractivity contribution in [3.05, 3.63) is 29.1 Å². The maximum absolute atomic E-state index is 12.5. The average Bonchev–Trinajstić information content (AvgIpc) is 2.13. The zero-order chi connectivity index (χ0) is 12.8. The summed E-state index contributed by atoms with van der Waals surface area (Å²) >= 11 is 0. The molecule has 1 aromatic rings. The first-order chi connectivity index (χ1) is 7.69. The van der Waals surface area contributed by atoms with Crippen LogP contribution in [0.4, 0.5) is 13.2 Å². The molecule has 0 spiro atoms. The third-order valence-electron chi connectivity index (χ3n) is 3.05. The fourth-order valence-corrected chi connectivity index (χ4v) is 2.27. The number of hydrogen-bond acceptors (Lipinski definition) is 2. The van der Waals surface area contributed by atoms with Gasteiger partial charge in [-0.2, -0.15) is 13.2 Å². The first kappa shape index (κ1) is 12.4. The molecule has 5 heteroatoms. The molecule has 0 amide bonds. The highest BCUT2D eigenvalue weighted by molar-refractivity contribution is 5.29. The van der Waals surface area contributed by atoms with Gasteiger partial charge in [0.2, 0.25) is 0 Å². The molecular weight excluding hydrogens is 231 g/mol. The van der Waals surface area contributed by atoms with Gasteiger partial charge in [-0.15, -0.1) is 0 Å². The molecule has 1 aromatic heterocycles. The summed E-state index contributed by atoms with van der Waals surface area (Å²) in [6.07, 6.45) is -4.14. The van der Waals surface area contributed by atoms with Crippen LogP contribution in [0.25, 0.3) is 0 Å². The van der Waals surface area contributed by atoms with E-state index in [0.717, 1.165) is 6.07 Å². The van der Waals surface area contributed by atoms with E-state index in [1.807, 2.05) is 13.8 Å². The molecule has 1 N–H and O–H groups in total. The topological polar surface area (TPSA) is 33.1 Å². The Morgan fingerprint density at radius 2 is 2.00 bits per heavy atom. The van der Waals surface area contributed by atoms with Crippen LogP contribution in [0.1, 0.15) is 43.3 Å². The molecule has 0 fully saturated rings. The van der Waals surface area contributed by atoms with E-state index < -0.39 is 18.0 Å². The van der Waals surface area contributed by atoms with Gasteiger partial charge in [-0.25, -0.2) is 4.98 Å². The van der Waals surface area contributed by atoms with Gasteiger partial charge in [-0.3, -0.25) is 0 Å². The van der Waals surface area contributed by atoms with Crippen LogP contribution in [0.3, 0.4) is 0 Å². The van der Waals surface area contributed by atoms with Gasteiger partial charge in [0.15, 0.2) is 0 Å². The zero-order valence-corrected chi connectivity index (χ0v) is 9.67. The van der Waals surface area contributed by atoms with Gasteiger partial charge >= 0.3 is 6.18 Å². The maximum atomic E-state index is 12.5. The minimum atomic E-state index is -4.43. The number of rotatable bonds is 0. The Kier molecular flexibility index (Phi) is 2.69. The Morgan fingerprint density at radius 1 is 1.35 bits per heavy atom. The van der Waals surface area contributed by atoms with Crippen molar-refractivity contribution in [2.24, 2.45) is 5.41 Å². The van der Waals surface area contributed by atoms with Crippen molar-refractivity contribution < 1.29 is 18.3 Å². The third-order valence-corrected chi connectivity index (χ3v) is 3.05. The van der Waals surface area contributed by atoms with Gasteiger partial charge in [-0.05, 0) is 24.3 Å². The van der Waals surface area contributed by atoms with Crippen molar-refractivity contribution in [1.82, 2.24) is 4.98 Å². The highest BCUT2D eigenvalue weighted by Gasteiger charge is 2.36. The van der Waals surface area contributed by atoms with Crippen LogP contribution in [0.15, 0.2) is 12.1 Å². The minimum absolute atomic E-state index is 0.219. The van der Waals surface area contributed by atoms with Crippen LogP contribution < -0.4 is 0 Å². The van der Waals surface area contributed by atoms with E-state index in [0.29, 0.717) is 24.1 Å². The summed E-state index contributed by atoms with van der Waals surface area (Å²) in [7, 11) is 0. The molecule has 94 valence electrons. The SMILES string of the molecule is CC1(C)Cc2nc(C(F)(F)F)ccc2[C@@H](O)C1. The predicted octanol–water partition coefficient (Wildman–Crippen LogP) is 3.11. The maximum Gasteiger partial charge on any atom is 0.433 e. The van der Waals surface area contributed by atoms with Crippen molar-refractivity contribution in [2.75, 3.05) is 0 Å². The van der Waals surface area contributed by atoms with Crippen LogP contribution in [0, 0.1) is 5.41 Å². The number of halogens is 3. The first-order valence-electron chi connectivity index (χ1n) is 5.44. The van der Waals surface area contributed by atoms with Gasteiger partial charge in [-0.1, -0.05) is 19.9 Å². The van der Waals surface area contributed by atoms with Crippen molar-refractivity contribution in [3.63, 3.8) is 0 Å². The smallest absolute Gasteiger partial charge is 0.388 e. The largest absolute Gasteiger partial charge is 0.433 e. The van der Waals surface area contributed by atoms with E-state index in [4.69, 9.17) is 0 Å². The van der Waals surface area contributed by atoms with E-state index >= 15 is 0 Å². The molecular formula is C12H14F3NO. The molecule has 1 aliphatic rings. The molecule has 2 rings (SSSR count). The van der Waals surface area contributed by atoms with Crippen LogP contribution in [0.2, 0.25) is 0 Å². The lowest BCUT2D eigenvalue weighted by atomic mass is 9.75. The predicted molar refractivity (Wildman–Crippen MR) is 56.3 cm³/mol. The van der Waals surface area contributed by atoms with Gasteiger partial charge < -0.3 is 5.11 Å². The molecule has 17 heavy (non-hydrogen) atoms. The molecule has 1 heterocycles. The van der Waals surface area contributed by atoms with Crippen LogP contribution in [-0.4, -0.2) is 10.1 Å². The zero-order valence-electron chi connectivity index (χ0n) is 9.67. The highest BCUT2D eigenvalue weighted by Crippen LogP contribution is 2.41. The lowest BCUT2D eigenvalue weighted by Crippen LogP contribution is -2.27. The molecule has 0 aliphatic heterocycles. The number of aliphatic hydroxyl groups excluding tert-OH is 1. The summed E-state index contributed by atoms with van der Waals surface area (Å²) in [5.74, 6) is 0. The Bertz CT molecular complexity index is 440. The Morgan fingerprint density at radius 3 is 2.59 bits per heavy atom. The fourth-order valence-electron chi connectivity index (χ4n) is 2.27. The summed E-state index contributed by atoms with van der Waals surface area (Å²) < 4.78 is 37.6. The van der Waals surface area contributed by atoms with E-state index in [2.05, 4.69) is 4.98 Å². The van der Waals surface area contributed by atoms with Crippen molar-refractivity contribution in [3.8, 4) is 0 Å². The van der Waals surface area contributed by atoms with Crippen LogP contribution in [-0.2, 0) is 12.6 Å². The molecule has 0 radical (unpaired) electrons. The van der Waals surface area contributed by atoms with Gasteiger partial charge in [0, 0.05) is 11.3 Å². The molecule has 0 saturated heterocycles. The van der Waals surface area contributed by atoms with Crippen molar-refractivity contribution >= 4 is 0 Å². The Balaban J connectivity index is 2.45. The second kappa shape index (κ2) is 3.70. The van der Waals surface area contributed by atoms with E-state index in [1.54, 1.807) is 0 Å². The molecule has 0 aromatic carbocycles. The fraction of sp³-hybridized carbons (Fsp3) is 0.583. The summed E-state index contributed by atoms with van der Waals surface area (Å²) in [6, 6.07) is 2.27. The van der Waals surface area contributed by atoms with E-state index in [1.165, 1.54) is 6.07 Å². The summed E-state index contributed by atoms with van der Waals surface area (Å²) in [4.78, 5) is 3.65. The summed E-state index contributed by atoms with van der Waals surface area (Å²) in [5, 5.41) is 9.87. The Labute approximate surface area is 97.5 Å². The lowest BCUT2D eigenvalue weighted by molar-refractivity contribution is -0.141. The highest BCUT2D eigenvalue weighted by atomic mass is 19.4. The van der Waals surface area contributed by atoms with E-state index in [9.17, 15) is 18.3 Å². The normalized spacial score (nSPS) is 23.3. The average molecular weight is 245 g/mol. The molecule has 0 bridgehead atoms. The molecule has 0 saturated carbocycles. The molecule has 1 aliphatic carbocycles. The van der Waals surface area contributed by atoms with Crippen LogP contribution in [0.5, 0.6) is 0 Å². The number of alkyl halides is 3. The number of hydrogen-bond donors (Lipinski definition) is 1. The standard InChI is InChI=1S/C12H14F3NO/c1-11(2)5-8-7(9(17)6-11)3-4-10(16-8)12(13,14)15/h3-4,9,17H,5-6H2,1-2H3/t9-/m0/s1. The minimum Gasteiger partial charge on any atom is -0.388 e. The summed E-state index contributed by atoms with van der Waals surface area (Å²) in [6.45, 7) is 3.84. The quantitative estimate of drug-likeness (QED) is 0.761. The molecule has 0 unspecified atom stereocenters. The van der Waals surface area contributed by atoms with Gasteiger partial charge in [0.1, 0.15) is 5.69 Å². The molecule has 1 atom stereocenters. The van der Waals surface area contributed by atoms with E-state index in [-0.39, 0.29) is 5.41 Å². The van der Waals surface area contributed by atoms with Crippen molar-refractivity contribution in [1.29, 1.82) is 0 Å². The summed E-state index contributed by atoms with van der Waals surface area (Å²) in [5.41, 5.74) is -0.217. The number of aromatic nitrogens is 1. The Hall–Kier alpha value is -1.10. The van der Waals surface area contributed by atoms with Gasteiger partial charge in [0.05, 0.1) is 6.10 Å². The lowest BCUT2D eigenvalue weighted by Gasteiger charge is -2.34.